The second kappa shape index (κ2) is 3.70. The van der Waals surface area contributed by atoms with Gasteiger partial charge in [-0.25, -0.2) is 0 Å². The van der Waals surface area contributed by atoms with Crippen molar-refractivity contribution in [1.82, 2.24) is 0 Å². The van der Waals surface area contributed by atoms with Gasteiger partial charge in [-0.05, 0) is 17.3 Å². The molecule has 0 aromatic heterocycles. The summed E-state index contributed by atoms with van der Waals surface area (Å²) in [7, 11) is 2.65. The van der Waals surface area contributed by atoms with E-state index >= 15 is 0 Å². The predicted octanol–water partition coefficient (Wildman–Crippen LogP) is 0.722. The molecule has 0 aliphatic heterocycles. The van der Waals surface area contributed by atoms with E-state index in [-0.39, 0.29) is 6.61 Å². The van der Waals surface area contributed by atoms with E-state index in [2.05, 4.69) is 9.24 Å². The van der Waals surface area contributed by atoms with Crippen molar-refractivity contribution in [1.29, 1.82) is 0 Å². The molecule has 54 valence electrons. The van der Waals surface area contributed by atoms with Crippen molar-refractivity contribution in [3.8, 4) is 0 Å². The van der Waals surface area contributed by atoms with Gasteiger partial charge in [0.1, 0.15) is 0 Å². The molecule has 1 N–H and O–H groups in total. The molecular formula is C8H11OP. The summed E-state index contributed by atoms with van der Waals surface area (Å²) in [4.78, 5) is 0. The Bertz CT molecular complexity index is 210. The van der Waals surface area contributed by atoms with Gasteiger partial charge in [-0.2, -0.15) is 0 Å². The second-order valence-corrected chi connectivity index (χ2v) is 2.79. The first-order chi connectivity index (χ1) is 4.84. The molecule has 0 saturated heterocycles. The molecule has 0 aliphatic rings. The van der Waals surface area contributed by atoms with E-state index in [9.17, 15) is 0 Å². The number of benzene rings is 1. The van der Waals surface area contributed by atoms with Crippen LogP contribution in [0, 0.1) is 0 Å². The van der Waals surface area contributed by atoms with E-state index in [1.54, 1.807) is 0 Å². The van der Waals surface area contributed by atoms with Crippen LogP contribution in [0.25, 0.3) is 0 Å². The maximum absolute atomic E-state index is 8.63. The van der Waals surface area contributed by atoms with Gasteiger partial charge in [0.25, 0.3) is 0 Å². The van der Waals surface area contributed by atoms with Crippen LogP contribution in [-0.2, 0) is 6.42 Å². The van der Waals surface area contributed by atoms with Crippen LogP contribution in [0.5, 0.6) is 0 Å². The number of hydrogen-bond donors (Lipinski definition) is 1. The van der Waals surface area contributed by atoms with Gasteiger partial charge in [-0.3, -0.25) is 0 Å². The smallest absolute Gasteiger partial charge is 0.0471 e. The Morgan fingerprint density at radius 2 is 2.00 bits per heavy atom. The summed E-state index contributed by atoms with van der Waals surface area (Å²) >= 11 is 0. The van der Waals surface area contributed by atoms with Crippen LogP contribution in [0.1, 0.15) is 5.56 Å². The Balaban J connectivity index is 2.81. The molecule has 0 fully saturated rings. The van der Waals surface area contributed by atoms with Gasteiger partial charge in [0.05, 0.1) is 0 Å². The van der Waals surface area contributed by atoms with Crippen molar-refractivity contribution in [3.05, 3.63) is 29.8 Å². The molecule has 0 amide bonds. The molecule has 0 aliphatic carbocycles. The van der Waals surface area contributed by atoms with Crippen molar-refractivity contribution in [3.63, 3.8) is 0 Å². The summed E-state index contributed by atoms with van der Waals surface area (Å²) in [6.07, 6.45) is 0.750. The predicted molar refractivity (Wildman–Crippen MR) is 46.6 cm³/mol. The van der Waals surface area contributed by atoms with E-state index in [0.717, 1.165) is 6.42 Å². The summed E-state index contributed by atoms with van der Waals surface area (Å²) in [6.45, 7) is 0.228. The lowest BCUT2D eigenvalue weighted by Gasteiger charge is -2.00. The van der Waals surface area contributed by atoms with Crippen LogP contribution in [-0.4, -0.2) is 11.7 Å². The highest BCUT2D eigenvalue weighted by Crippen LogP contribution is 2.00. The first kappa shape index (κ1) is 7.71. The number of hydrogen-bond acceptors (Lipinski definition) is 1. The van der Waals surface area contributed by atoms with E-state index in [1.165, 1.54) is 10.9 Å². The molecule has 1 aromatic carbocycles. The maximum atomic E-state index is 8.63. The topological polar surface area (TPSA) is 20.2 Å². The van der Waals surface area contributed by atoms with Crippen molar-refractivity contribution >= 4 is 14.5 Å². The summed E-state index contributed by atoms with van der Waals surface area (Å²) in [5.41, 5.74) is 1.20. The highest BCUT2D eigenvalue weighted by Gasteiger charge is 1.93. The first-order valence-electron chi connectivity index (χ1n) is 3.29. The van der Waals surface area contributed by atoms with Gasteiger partial charge in [-0.1, -0.05) is 24.3 Å². The molecule has 10 heavy (non-hydrogen) atoms. The zero-order valence-electron chi connectivity index (χ0n) is 5.75. The molecule has 2 heteroatoms. The Hall–Kier alpha value is -0.390. The van der Waals surface area contributed by atoms with Gasteiger partial charge in [0, 0.05) is 6.61 Å². The molecule has 1 rings (SSSR count). The molecule has 1 unspecified atom stereocenters. The summed E-state index contributed by atoms with van der Waals surface area (Å²) in [5.74, 6) is 0. The second-order valence-electron chi connectivity index (χ2n) is 2.17. The van der Waals surface area contributed by atoms with E-state index in [0.29, 0.717) is 0 Å². The molecule has 0 bridgehead atoms. The quantitative estimate of drug-likeness (QED) is 0.622. The van der Waals surface area contributed by atoms with Crippen molar-refractivity contribution < 1.29 is 5.11 Å². The Morgan fingerprint density at radius 3 is 2.60 bits per heavy atom. The zero-order chi connectivity index (χ0) is 7.40. The zero-order valence-corrected chi connectivity index (χ0v) is 6.90. The third-order valence-corrected chi connectivity index (χ3v) is 2.00. The van der Waals surface area contributed by atoms with Crippen LogP contribution >= 0.6 is 9.24 Å². The van der Waals surface area contributed by atoms with Gasteiger partial charge in [0.15, 0.2) is 0 Å². The van der Waals surface area contributed by atoms with Crippen LogP contribution in [0.4, 0.5) is 0 Å². The normalized spacial score (nSPS) is 9.80. The van der Waals surface area contributed by atoms with Gasteiger partial charge < -0.3 is 5.11 Å². The first-order valence-corrected chi connectivity index (χ1v) is 3.86. The van der Waals surface area contributed by atoms with E-state index in [4.69, 9.17) is 5.11 Å². The summed E-state index contributed by atoms with van der Waals surface area (Å²) < 4.78 is 0. The third kappa shape index (κ3) is 1.80. The Kier molecular flexibility index (Phi) is 2.85. The molecule has 0 radical (unpaired) electrons. The molecular weight excluding hydrogens is 143 g/mol. The minimum atomic E-state index is 0.228. The van der Waals surface area contributed by atoms with Gasteiger partial charge in [-0.15, -0.1) is 9.24 Å². The summed E-state index contributed by atoms with van der Waals surface area (Å²) in [5, 5.41) is 9.81. The SMILES string of the molecule is OCCc1ccccc1P. The molecule has 0 spiro atoms. The highest BCUT2D eigenvalue weighted by molar-refractivity contribution is 7.27. The highest BCUT2D eigenvalue weighted by atomic mass is 31.0. The molecule has 1 aromatic rings. The average Bonchev–Trinajstić information content (AvgIpc) is 1.94. The lowest BCUT2D eigenvalue weighted by atomic mass is 10.2. The van der Waals surface area contributed by atoms with Crippen LogP contribution in [0.3, 0.4) is 0 Å². The Labute approximate surface area is 63.3 Å². The fraction of sp³-hybridized carbons (Fsp3) is 0.250. The maximum Gasteiger partial charge on any atom is 0.0471 e. The number of aliphatic hydroxyl groups excluding tert-OH is 1. The molecule has 1 nitrogen and oxygen atoms in total. The third-order valence-electron chi connectivity index (χ3n) is 1.44. The van der Waals surface area contributed by atoms with Crippen LogP contribution in [0.15, 0.2) is 24.3 Å². The van der Waals surface area contributed by atoms with Crippen LogP contribution < -0.4 is 5.30 Å². The standard InChI is InChI=1S/C8H11OP/c9-6-5-7-3-1-2-4-8(7)10/h1-4,9H,5-6,10H2. The fourth-order valence-corrected chi connectivity index (χ4v) is 1.23. The molecule has 0 saturated carbocycles. The summed E-state index contributed by atoms with van der Waals surface area (Å²) in [6, 6.07) is 8.02. The van der Waals surface area contributed by atoms with Crippen LogP contribution in [0.2, 0.25) is 0 Å². The van der Waals surface area contributed by atoms with Gasteiger partial charge >= 0.3 is 0 Å². The average molecular weight is 154 g/mol. The molecule has 0 heterocycles. The number of aliphatic hydroxyl groups is 1. The Morgan fingerprint density at radius 1 is 1.30 bits per heavy atom. The van der Waals surface area contributed by atoms with Crippen molar-refractivity contribution in [2.45, 2.75) is 6.42 Å². The van der Waals surface area contributed by atoms with Crippen molar-refractivity contribution in [2.24, 2.45) is 0 Å². The molecule has 1 atom stereocenters. The lowest BCUT2D eigenvalue weighted by Crippen LogP contribution is -2.02. The van der Waals surface area contributed by atoms with Crippen molar-refractivity contribution in [2.75, 3.05) is 6.61 Å². The monoisotopic (exact) mass is 154 g/mol. The lowest BCUT2D eigenvalue weighted by molar-refractivity contribution is 0.300. The van der Waals surface area contributed by atoms with Gasteiger partial charge in [0.2, 0.25) is 0 Å². The fourth-order valence-electron chi connectivity index (χ4n) is 0.882. The minimum absolute atomic E-state index is 0.228. The van der Waals surface area contributed by atoms with E-state index in [1.807, 2.05) is 24.3 Å². The van der Waals surface area contributed by atoms with E-state index < -0.39 is 0 Å². The number of rotatable bonds is 2. The minimum Gasteiger partial charge on any atom is -0.396 e. The largest absolute Gasteiger partial charge is 0.396 e.